The summed E-state index contributed by atoms with van der Waals surface area (Å²) in [6, 6.07) is 0. The van der Waals surface area contributed by atoms with Gasteiger partial charge in [-0.25, -0.2) is 5.43 Å². The third-order valence-electron chi connectivity index (χ3n) is 1.02. The van der Waals surface area contributed by atoms with Gasteiger partial charge in [0.15, 0.2) is 0 Å². The van der Waals surface area contributed by atoms with E-state index in [9.17, 15) is 4.79 Å². The number of aliphatic carboxylic acids is 1. The Kier molecular flexibility index (Phi) is 6.11. The topological polar surface area (TPSA) is 61.4 Å². The van der Waals surface area contributed by atoms with Gasteiger partial charge in [-0.1, -0.05) is 13.3 Å². The third-order valence-corrected chi connectivity index (χ3v) is 1.02. The maximum atomic E-state index is 9.93. The van der Waals surface area contributed by atoms with Crippen LogP contribution in [0.5, 0.6) is 0 Å². The van der Waals surface area contributed by atoms with Crippen molar-refractivity contribution in [3.63, 3.8) is 0 Å². The van der Waals surface area contributed by atoms with Crippen molar-refractivity contribution < 1.29 is 9.90 Å². The fourth-order valence-corrected chi connectivity index (χ4v) is 0.492. The number of hydrogen-bond donors (Lipinski definition) is 3. The Morgan fingerprint density at radius 1 is 1.50 bits per heavy atom. The van der Waals surface area contributed by atoms with E-state index in [4.69, 9.17) is 5.11 Å². The van der Waals surface area contributed by atoms with E-state index < -0.39 is 5.97 Å². The molecule has 0 aliphatic heterocycles. The van der Waals surface area contributed by atoms with Crippen molar-refractivity contribution in [1.82, 2.24) is 10.9 Å². The van der Waals surface area contributed by atoms with Crippen LogP contribution >= 0.6 is 0 Å². The number of nitrogens with one attached hydrogen (secondary N) is 2. The maximum Gasteiger partial charge on any atom is 0.318 e. The second-order valence-corrected chi connectivity index (χ2v) is 2.03. The van der Waals surface area contributed by atoms with Crippen molar-refractivity contribution in [3.05, 3.63) is 0 Å². The average molecular weight is 146 g/mol. The van der Waals surface area contributed by atoms with Crippen molar-refractivity contribution in [2.75, 3.05) is 13.1 Å². The molecule has 0 aliphatic rings. The minimum Gasteiger partial charge on any atom is -0.480 e. The summed E-state index contributed by atoms with van der Waals surface area (Å²) in [5, 5.41) is 8.17. The molecule has 10 heavy (non-hydrogen) atoms. The summed E-state index contributed by atoms with van der Waals surface area (Å²) in [5.41, 5.74) is 5.36. The largest absolute Gasteiger partial charge is 0.480 e. The molecule has 0 aromatic rings. The number of carbonyl (C=O) groups is 1. The lowest BCUT2D eigenvalue weighted by Crippen LogP contribution is -2.36. The van der Waals surface area contributed by atoms with Crippen LogP contribution in [0.1, 0.15) is 19.8 Å². The van der Waals surface area contributed by atoms with Crippen molar-refractivity contribution in [1.29, 1.82) is 0 Å². The van der Waals surface area contributed by atoms with Crippen LogP contribution in [-0.4, -0.2) is 24.2 Å². The van der Waals surface area contributed by atoms with Gasteiger partial charge in [0.1, 0.15) is 6.54 Å². The van der Waals surface area contributed by atoms with Gasteiger partial charge in [0.2, 0.25) is 0 Å². The lowest BCUT2D eigenvalue weighted by molar-refractivity contribution is -0.136. The highest BCUT2D eigenvalue weighted by molar-refractivity contribution is 5.68. The summed E-state index contributed by atoms with van der Waals surface area (Å²) in [7, 11) is 0. The van der Waals surface area contributed by atoms with Crippen molar-refractivity contribution in [2.45, 2.75) is 19.8 Å². The van der Waals surface area contributed by atoms with E-state index in [-0.39, 0.29) is 6.54 Å². The standard InChI is InChI=1S/C6H14N2O2/c1-2-3-4-7-8-5-6(9)10/h7-8H,2-5H2,1H3,(H,9,10). The Labute approximate surface area is 60.6 Å². The quantitative estimate of drug-likeness (QED) is 0.363. The van der Waals surface area contributed by atoms with E-state index in [0.29, 0.717) is 0 Å². The molecule has 0 spiro atoms. The molecule has 0 rings (SSSR count). The van der Waals surface area contributed by atoms with Crippen LogP contribution < -0.4 is 10.9 Å². The molecule has 4 heteroatoms. The second kappa shape index (κ2) is 6.51. The summed E-state index contributed by atoms with van der Waals surface area (Å²) in [4.78, 5) is 9.93. The van der Waals surface area contributed by atoms with E-state index in [1.54, 1.807) is 0 Å². The molecule has 0 fully saturated rings. The molecule has 60 valence electrons. The molecular weight excluding hydrogens is 132 g/mol. The van der Waals surface area contributed by atoms with Crippen LogP contribution in [0.3, 0.4) is 0 Å². The van der Waals surface area contributed by atoms with Crippen LogP contribution in [-0.2, 0) is 4.79 Å². The van der Waals surface area contributed by atoms with Gasteiger partial charge in [0.05, 0.1) is 0 Å². The molecule has 0 radical (unpaired) electrons. The lowest BCUT2D eigenvalue weighted by Gasteiger charge is -2.01. The third kappa shape index (κ3) is 7.39. The molecule has 0 aromatic heterocycles. The first kappa shape index (κ1) is 9.39. The van der Waals surface area contributed by atoms with E-state index in [1.165, 1.54) is 0 Å². The monoisotopic (exact) mass is 146 g/mol. The molecule has 4 nitrogen and oxygen atoms in total. The summed E-state index contributed by atoms with van der Waals surface area (Å²) in [5.74, 6) is -0.844. The molecule has 0 amide bonds. The molecule has 0 aliphatic carbocycles. The van der Waals surface area contributed by atoms with Crippen molar-refractivity contribution in [3.8, 4) is 0 Å². The molecule has 3 N–H and O–H groups in total. The minimum atomic E-state index is -0.844. The van der Waals surface area contributed by atoms with Gasteiger partial charge in [-0.15, -0.1) is 0 Å². The SMILES string of the molecule is CCCCNNCC(=O)O. The first-order chi connectivity index (χ1) is 4.77. The number of hydrogen-bond acceptors (Lipinski definition) is 3. The molecule has 0 heterocycles. The van der Waals surface area contributed by atoms with E-state index in [2.05, 4.69) is 17.8 Å². The fraction of sp³-hybridized carbons (Fsp3) is 0.833. The first-order valence-electron chi connectivity index (χ1n) is 3.45. The normalized spacial score (nSPS) is 9.70. The smallest absolute Gasteiger partial charge is 0.318 e. The van der Waals surface area contributed by atoms with Crippen LogP contribution in [0.4, 0.5) is 0 Å². The highest BCUT2D eigenvalue weighted by Gasteiger charge is 1.91. The predicted octanol–water partition coefficient (Wildman–Crippen LogP) is -0.0347. The van der Waals surface area contributed by atoms with Crippen LogP contribution in [0.2, 0.25) is 0 Å². The van der Waals surface area contributed by atoms with Gasteiger partial charge in [0, 0.05) is 6.54 Å². The Morgan fingerprint density at radius 2 is 2.20 bits per heavy atom. The van der Waals surface area contributed by atoms with Crippen LogP contribution in [0.25, 0.3) is 0 Å². The zero-order valence-corrected chi connectivity index (χ0v) is 6.18. The highest BCUT2D eigenvalue weighted by Crippen LogP contribution is 1.79. The Morgan fingerprint density at radius 3 is 2.70 bits per heavy atom. The highest BCUT2D eigenvalue weighted by atomic mass is 16.4. The van der Waals surface area contributed by atoms with Gasteiger partial charge in [-0.2, -0.15) is 0 Å². The number of rotatable bonds is 6. The molecule has 0 saturated heterocycles. The zero-order valence-electron chi connectivity index (χ0n) is 6.18. The van der Waals surface area contributed by atoms with Gasteiger partial charge < -0.3 is 5.11 Å². The number of carboxylic acid groups (broad SMARTS) is 1. The Bertz CT molecular complexity index is 95.7. The van der Waals surface area contributed by atoms with Gasteiger partial charge in [-0.3, -0.25) is 10.2 Å². The molecule has 0 aromatic carbocycles. The fourth-order valence-electron chi connectivity index (χ4n) is 0.492. The van der Waals surface area contributed by atoms with E-state index >= 15 is 0 Å². The summed E-state index contributed by atoms with van der Waals surface area (Å²) >= 11 is 0. The Balaban J connectivity index is 2.84. The predicted molar refractivity (Wildman–Crippen MR) is 38.5 cm³/mol. The van der Waals surface area contributed by atoms with Crippen LogP contribution in [0, 0.1) is 0 Å². The summed E-state index contributed by atoms with van der Waals surface area (Å²) < 4.78 is 0. The Hall–Kier alpha value is -0.610. The summed E-state index contributed by atoms with van der Waals surface area (Å²) in [6.45, 7) is 2.88. The molecule has 0 bridgehead atoms. The number of hydrazine groups is 1. The minimum absolute atomic E-state index is 0.0241. The van der Waals surface area contributed by atoms with Gasteiger partial charge in [-0.05, 0) is 6.42 Å². The van der Waals surface area contributed by atoms with E-state index in [0.717, 1.165) is 19.4 Å². The van der Waals surface area contributed by atoms with Gasteiger partial charge in [0.25, 0.3) is 0 Å². The van der Waals surface area contributed by atoms with Crippen molar-refractivity contribution in [2.24, 2.45) is 0 Å². The maximum absolute atomic E-state index is 9.93. The zero-order chi connectivity index (χ0) is 7.82. The molecule has 0 saturated carbocycles. The molecule has 0 unspecified atom stereocenters. The molecular formula is C6H14N2O2. The van der Waals surface area contributed by atoms with E-state index in [1.807, 2.05) is 0 Å². The summed E-state index contributed by atoms with van der Waals surface area (Å²) in [6.07, 6.45) is 2.17. The number of unbranched alkanes of at least 4 members (excludes halogenated alkanes) is 1. The van der Waals surface area contributed by atoms with Crippen molar-refractivity contribution >= 4 is 5.97 Å². The first-order valence-corrected chi connectivity index (χ1v) is 3.45. The molecule has 0 atom stereocenters. The number of carboxylic acids is 1. The van der Waals surface area contributed by atoms with Gasteiger partial charge >= 0.3 is 5.97 Å². The lowest BCUT2D eigenvalue weighted by atomic mass is 10.3. The second-order valence-electron chi connectivity index (χ2n) is 2.03. The average Bonchev–Trinajstić information content (AvgIpc) is 1.87. The van der Waals surface area contributed by atoms with Crippen LogP contribution in [0.15, 0.2) is 0 Å².